The van der Waals surface area contributed by atoms with Crippen molar-refractivity contribution in [3.05, 3.63) is 64.9 Å². The van der Waals surface area contributed by atoms with E-state index >= 15 is 0 Å². The lowest BCUT2D eigenvalue weighted by Crippen LogP contribution is -2.27. The van der Waals surface area contributed by atoms with Crippen LogP contribution in [0.3, 0.4) is 0 Å². The van der Waals surface area contributed by atoms with Gasteiger partial charge in [0.05, 0.1) is 11.6 Å². The molecule has 5 nitrogen and oxygen atoms in total. The molecule has 1 N–H and O–H groups in total. The number of benzene rings is 1. The van der Waals surface area contributed by atoms with Gasteiger partial charge in [0.15, 0.2) is 10.8 Å². The van der Waals surface area contributed by atoms with Crippen molar-refractivity contribution in [1.29, 1.82) is 0 Å². The maximum atomic E-state index is 12.8. The smallest absolute Gasteiger partial charge is 0.344 e. The molecule has 0 aliphatic heterocycles. The third-order valence-corrected chi connectivity index (χ3v) is 4.39. The lowest BCUT2D eigenvalue weighted by atomic mass is 10.0. The molecule has 0 bridgehead atoms. The van der Waals surface area contributed by atoms with E-state index in [4.69, 9.17) is 0 Å². The molecule has 26 heavy (non-hydrogen) atoms. The summed E-state index contributed by atoms with van der Waals surface area (Å²) in [6, 6.07) is 5.92. The number of hydrogen-bond donors (Lipinski definition) is 1. The molecule has 134 valence electrons. The molecule has 9 heteroatoms. The lowest BCUT2D eigenvalue weighted by Gasteiger charge is -2.15. The van der Waals surface area contributed by atoms with Crippen LogP contribution in [0.5, 0.6) is 0 Å². The summed E-state index contributed by atoms with van der Waals surface area (Å²) >= 11 is 1.21. The van der Waals surface area contributed by atoms with Crippen LogP contribution in [0, 0.1) is 0 Å². The Bertz CT molecular complexity index is 912. The van der Waals surface area contributed by atoms with E-state index in [1.807, 2.05) is 0 Å². The second kappa shape index (κ2) is 7.20. The molecule has 0 fully saturated rings. The average molecular weight is 378 g/mol. The molecule has 0 saturated carbocycles. The van der Waals surface area contributed by atoms with E-state index in [0.29, 0.717) is 16.4 Å². The predicted octanol–water partition coefficient (Wildman–Crippen LogP) is 4.11. The predicted molar refractivity (Wildman–Crippen MR) is 90.5 cm³/mol. The third kappa shape index (κ3) is 4.05. The number of carbonyl (C=O) groups is 1. The van der Waals surface area contributed by atoms with Gasteiger partial charge < -0.3 is 5.32 Å². The number of hydrogen-bond acceptors (Lipinski definition) is 5. The van der Waals surface area contributed by atoms with E-state index in [2.05, 4.69) is 20.3 Å². The monoisotopic (exact) mass is 378 g/mol. The molecule has 0 spiro atoms. The highest BCUT2D eigenvalue weighted by atomic mass is 32.1. The van der Waals surface area contributed by atoms with Crippen LogP contribution in [0.2, 0.25) is 0 Å². The van der Waals surface area contributed by atoms with Gasteiger partial charge in [-0.1, -0.05) is 12.1 Å². The zero-order valence-electron chi connectivity index (χ0n) is 13.5. The Morgan fingerprint density at radius 3 is 2.62 bits per heavy atom. The van der Waals surface area contributed by atoms with Gasteiger partial charge in [0, 0.05) is 17.8 Å². The highest BCUT2D eigenvalue weighted by molar-refractivity contribution is 7.13. The summed E-state index contributed by atoms with van der Waals surface area (Å²) in [4.78, 5) is 24.6. The van der Waals surface area contributed by atoms with E-state index in [-0.39, 0.29) is 5.69 Å². The fourth-order valence-electron chi connectivity index (χ4n) is 2.23. The van der Waals surface area contributed by atoms with E-state index in [0.717, 1.165) is 12.1 Å². The summed E-state index contributed by atoms with van der Waals surface area (Å²) in [5.41, 5.74) is -0.237. The highest BCUT2D eigenvalue weighted by Gasteiger charge is 2.30. The van der Waals surface area contributed by atoms with Crippen LogP contribution in [0.15, 0.2) is 48.1 Å². The second-order valence-electron chi connectivity index (χ2n) is 5.43. The summed E-state index contributed by atoms with van der Waals surface area (Å²) in [5, 5.41) is 4.70. The van der Waals surface area contributed by atoms with Crippen molar-refractivity contribution in [2.45, 2.75) is 19.1 Å². The summed E-state index contributed by atoms with van der Waals surface area (Å²) < 4.78 is 38.4. The van der Waals surface area contributed by atoms with Crippen LogP contribution in [-0.4, -0.2) is 20.9 Å². The van der Waals surface area contributed by atoms with E-state index < -0.39 is 23.7 Å². The van der Waals surface area contributed by atoms with Crippen molar-refractivity contribution in [3.8, 4) is 10.8 Å². The Hall–Kier alpha value is -2.81. The van der Waals surface area contributed by atoms with Crippen LogP contribution in [-0.2, 0) is 6.18 Å². The Morgan fingerprint density at radius 1 is 1.19 bits per heavy atom. The van der Waals surface area contributed by atoms with Gasteiger partial charge >= 0.3 is 6.18 Å². The van der Waals surface area contributed by atoms with E-state index in [1.165, 1.54) is 23.5 Å². The quantitative estimate of drug-likeness (QED) is 0.742. The minimum atomic E-state index is -4.43. The van der Waals surface area contributed by atoms with Crippen molar-refractivity contribution in [2.75, 3.05) is 0 Å². The normalized spacial score (nSPS) is 12.6. The minimum Gasteiger partial charge on any atom is -0.344 e. The van der Waals surface area contributed by atoms with Gasteiger partial charge in [0.25, 0.3) is 5.91 Å². The largest absolute Gasteiger partial charge is 0.416 e. The number of alkyl halides is 3. The molecule has 3 rings (SSSR count). The number of nitrogens with zero attached hydrogens (tertiary/aromatic N) is 3. The first-order valence-electron chi connectivity index (χ1n) is 7.55. The molecular formula is C17H13F3N4OS. The lowest BCUT2D eigenvalue weighted by molar-refractivity contribution is -0.137. The van der Waals surface area contributed by atoms with Gasteiger partial charge in [-0.2, -0.15) is 13.2 Å². The van der Waals surface area contributed by atoms with Crippen LogP contribution in [0.25, 0.3) is 10.8 Å². The zero-order valence-corrected chi connectivity index (χ0v) is 14.3. The van der Waals surface area contributed by atoms with Gasteiger partial charge in [-0.05, 0) is 30.7 Å². The first kappa shape index (κ1) is 18.0. The standard InChI is InChI=1S/C17H13F3N4OS/c1-10(11-4-2-5-12(8-11)17(18,19)20)23-15(25)13-9-26-16(24-13)14-21-6-3-7-22-14/h2-10H,1H3,(H,23,25)/t10-/m1/s1. The number of nitrogens with one attached hydrogen (secondary N) is 1. The maximum absolute atomic E-state index is 12.8. The zero-order chi connectivity index (χ0) is 18.7. The first-order chi connectivity index (χ1) is 12.3. The molecule has 0 aliphatic rings. The highest BCUT2D eigenvalue weighted by Crippen LogP contribution is 2.30. The SMILES string of the molecule is C[C@@H](NC(=O)c1csc(-c2ncccn2)n1)c1cccc(C(F)(F)F)c1. The number of amides is 1. The molecule has 2 heterocycles. The Balaban J connectivity index is 1.73. The minimum absolute atomic E-state index is 0.163. The molecule has 1 aromatic carbocycles. The van der Waals surface area contributed by atoms with Gasteiger partial charge in [-0.3, -0.25) is 4.79 Å². The van der Waals surface area contributed by atoms with Crippen molar-refractivity contribution >= 4 is 17.2 Å². The molecule has 1 atom stereocenters. The van der Waals surface area contributed by atoms with Crippen molar-refractivity contribution < 1.29 is 18.0 Å². The fourth-order valence-corrected chi connectivity index (χ4v) is 2.97. The third-order valence-electron chi connectivity index (χ3n) is 3.56. The molecule has 0 aliphatic carbocycles. The molecular weight excluding hydrogens is 365 g/mol. The molecule has 3 aromatic rings. The van der Waals surface area contributed by atoms with Crippen LogP contribution < -0.4 is 5.32 Å². The van der Waals surface area contributed by atoms with Gasteiger partial charge in [-0.15, -0.1) is 11.3 Å². The molecule has 0 unspecified atom stereocenters. The molecule has 1 amide bonds. The van der Waals surface area contributed by atoms with E-state index in [1.54, 1.807) is 30.8 Å². The topological polar surface area (TPSA) is 67.8 Å². The average Bonchev–Trinajstić information content (AvgIpc) is 3.12. The number of halogens is 3. The van der Waals surface area contributed by atoms with Gasteiger partial charge in [-0.25, -0.2) is 15.0 Å². The molecule has 2 aromatic heterocycles. The van der Waals surface area contributed by atoms with Crippen molar-refractivity contribution in [3.63, 3.8) is 0 Å². The Kier molecular flexibility index (Phi) is 4.99. The number of rotatable bonds is 4. The van der Waals surface area contributed by atoms with Crippen LogP contribution >= 0.6 is 11.3 Å². The number of aromatic nitrogens is 3. The van der Waals surface area contributed by atoms with Crippen LogP contribution in [0.1, 0.15) is 34.6 Å². The Morgan fingerprint density at radius 2 is 1.92 bits per heavy atom. The number of carbonyl (C=O) groups excluding carboxylic acids is 1. The first-order valence-corrected chi connectivity index (χ1v) is 8.43. The molecule has 0 radical (unpaired) electrons. The van der Waals surface area contributed by atoms with Gasteiger partial charge in [0.2, 0.25) is 0 Å². The Labute approximate surface area is 151 Å². The summed E-state index contributed by atoms with van der Waals surface area (Å²) in [7, 11) is 0. The second-order valence-corrected chi connectivity index (χ2v) is 6.29. The summed E-state index contributed by atoms with van der Waals surface area (Å²) in [6.45, 7) is 1.61. The summed E-state index contributed by atoms with van der Waals surface area (Å²) in [5.74, 6) is -0.0733. The molecule has 0 saturated heterocycles. The maximum Gasteiger partial charge on any atom is 0.416 e. The van der Waals surface area contributed by atoms with Crippen molar-refractivity contribution in [1.82, 2.24) is 20.3 Å². The number of thiazole rings is 1. The fraction of sp³-hybridized carbons (Fsp3) is 0.176. The summed E-state index contributed by atoms with van der Waals surface area (Å²) in [6.07, 6.45) is -1.29. The van der Waals surface area contributed by atoms with Crippen molar-refractivity contribution in [2.24, 2.45) is 0 Å². The van der Waals surface area contributed by atoms with Gasteiger partial charge in [0.1, 0.15) is 5.69 Å². The van der Waals surface area contributed by atoms with Crippen LogP contribution in [0.4, 0.5) is 13.2 Å². The van der Waals surface area contributed by atoms with E-state index in [9.17, 15) is 18.0 Å².